The summed E-state index contributed by atoms with van der Waals surface area (Å²) in [6.07, 6.45) is 6.23. The summed E-state index contributed by atoms with van der Waals surface area (Å²) in [5.74, 6) is -0.800. The first kappa shape index (κ1) is 39.5. The van der Waals surface area contributed by atoms with Gasteiger partial charge < -0.3 is 31.5 Å². The van der Waals surface area contributed by atoms with Gasteiger partial charge in [-0.3, -0.25) is 9.59 Å². The normalized spacial score (nSPS) is 11.1. The van der Waals surface area contributed by atoms with E-state index in [9.17, 15) is 28.6 Å². The Bertz CT molecular complexity index is 2940. The van der Waals surface area contributed by atoms with E-state index in [1.165, 1.54) is 42.7 Å². The molecule has 4 aromatic carbocycles. The van der Waals surface area contributed by atoms with Gasteiger partial charge in [0.05, 0.1) is 23.8 Å². The number of fused-ring (bicyclic) bond motifs is 1. The van der Waals surface area contributed by atoms with E-state index >= 15 is 0 Å². The van der Waals surface area contributed by atoms with Crippen LogP contribution in [-0.4, -0.2) is 42.0 Å². The quantitative estimate of drug-likeness (QED) is 0.0735. The second kappa shape index (κ2) is 16.5. The molecule has 12 nitrogen and oxygen atoms in total. The molecule has 60 heavy (non-hydrogen) atoms. The highest BCUT2D eigenvalue weighted by Gasteiger charge is 2.22. The number of carbonyl (C=O) groups excluding carboxylic acids is 2. The van der Waals surface area contributed by atoms with Crippen LogP contribution >= 0.6 is 22.7 Å². The zero-order chi connectivity index (χ0) is 42.1. The van der Waals surface area contributed by atoms with Gasteiger partial charge in [-0.25, -0.2) is 28.7 Å². The molecule has 0 fully saturated rings. The minimum atomic E-state index is -0.461. The van der Waals surface area contributed by atoms with E-state index in [2.05, 4.69) is 41.2 Å². The van der Waals surface area contributed by atoms with Gasteiger partial charge in [0.25, 0.3) is 11.8 Å². The third kappa shape index (κ3) is 8.46. The van der Waals surface area contributed by atoms with Crippen molar-refractivity contribution >= 4 is 78.5 Å². The summed E-state index contributed by atoms with van der Waals surface area (Å²) < 4.78 is 27.1. The van der Waals surface area contributed by atoms with Crippen LogP contribution in [0.1, 0.15) is 47.2 Å². The van der Waals surface area contributed by atoms with E-state index in [1.54, 1.807) is 75.6 Å². The van der Waals surface area contributed by atoms with Gasteiger partial charge in [-0.2, -0.15) is 0 Å². The lowest BCUT2D eigenvalue weighted by Crippen LogP contribution is -2.15. The molecule has 0 bridgehead atoms. The second-order valence-electron chi connectivity index (χ2n) is 13.8. The van der Waals surface area contributed by atoms with Crippen LogP contribution in [0.25, 0.3) is 21.9 Å². The first-order chi connectivity index (χ1) is 28.9. The first-order valence-corrected chi connectivity index (χ1v) is 20.0. The van der Waals surface area contributed by atoms with E-state index in [0.717, 1.165) is 39.2 Å². The Balaban J connectivity index is 0.966. The van der Waals surface area contributed by atoms with E-state index in [-0.39, 0.29) is 34.4 Å². The van der Waals surface area contributed by atoms with Crippen LogP contribution in [0, 0.1) is 32.4 Å². The largest absolute Gasteiger partial charge is 0.508 e. The standard InChI is InChI=1S/C44H34F2N8O4S2/c1-22-4-12-33(55)32(39(22)53-41(57)35-20-50-44(60-35)52-38-17-29-14-31(46)11-7-27(29)19-48-38)15-28-16-34(56)24(3)40(23(28)2)54-42(58)36-21-49-43(59-36)51-37-13-8-26(18-47-37)25-5-9-30(45)10-6-25/h4-14,16-21,55-56H,15H2,1-3H3,(H,53,57)(H,54,58)(H,47,49,51)(H,48,50,52). The van der Waals surface area contributed by atoms with Gasteiger partial charge in [-0.1, -0.05) is 40.9 Å². The van der Waals surface area contributed by atoms with Crippen molar-refractivity contribution in [3.05, 3.63) is 153 Å². The number of rotatable bonds is 11. The average Bonchev–Trinajstić information content (AvgIpc) is 3.92. The number of aromatic nitrogens is 4. The van der Waals surface area contributed by atoms with Gasteiger partial charge in [0.2, 0.25) is 0 Å². The minimum absolute atomic E-state index is 0.0684. The van der Waals surface area contributed by atoms with Crippen molar-refractivity contribution in [2.45, 2.75) is 27.2 Å². The molecule has 0 unspecified atom stereocenters. The Morgan fingerprint density at radius 1 is 0.600 bits per heavy atom. The number of halogens is 2. The van der Waals surface area contributed by atoms with E-state index in [0.29, 0.717) is 71.4 Å². The van der Waals surface area contributed by atoms with Gasteiger partial charge in [-0.05, 0) is 109 Å². The molecular formula is C44H34F2N8O4S2. The molecule has 8 aromatic rings. The van der Waals surface area contributed by atoms with Crippen molar-refractivity contribution in [1.82, 2.24) is 19.9 Å². The zero-order valence-electron chi connectivity index (χ0n) is 32.1. The maximum atomic E-state index is 13.8. The summed E-state index contributed by atoms with van der Waals surface area (Å²) in [6, 6.07) is 20.6. The molecule has 0 saturated carbocycles. The molecule has 0 radical (unpaired) electrons. The van der Waals surface area contributed by atoms with Gasteiger partial charge >= 0.3 is 0 Å². The number of thiazole rings is 2. The van der Waals surface area contributed by atoms with Crippen molar-refractivity contribution in [3.63, 3.8) is 0 Å². The molecule has 0 saturated heterocycles. The average molecular weight is 841 g/mol. The van der Waals surface area contributed by atoms with Crippen LogP contribution in [0.15, 0.2) is 104 Å². The van der Waals surface area contributed by atoms with E-state index in [4.69, 9.17) is 0 Å². The fraction of sp³-hybridized carbons (Fsp3) is 0.0909. The van der Waals surface area contributed by atoms with Crippen LogP contribution in [0.2, 0.25) is 0 Å². The smallest absolute Gasteiger partial charge is 0.267 e. The lowest BCUT2D eigenvalue weighted by Gasteiger charge is -2.19. The highest BCUT2D eigenvalue weighted by atomic mass is 32.1. The number of aryl methyl sites for hydroxylation is 1. The molecule has 300 valence electrons. The SMILES string of the molecule is Cc1ccc(O)c(Cc2cc(O)c(C)c(NC(=O)c3cnc(Nc4ccc(-c5ccc(F)cc5)cn4)s3)c2C)c1NC(=O)c1cnc(Nc2cc3cc(F)ccc3cn2)s1. The summed E-state index contributed by atoms with van der Waals surface area (Å²) in [5.41, 5.74) is 5.18. The van der Waals surface area contributed by atoms with Gasteiger partial charge in [-0.15, -0.1) is 0 Å². The lowest BCUT2D eigenvalue weighted by atomic mass is 9.93. The van der Waals surface area contributed by atoms with Gasteiger partial charge in [0, 0.05) is 40.9 Å². The van der Waals surface area contributed by atoms with Crippen LogP contribution in [-0.2, 0) is 6.42 Å². The van der Waals surface area contributed by atoms with E-state index in [1.807, 2.05) is 6.07 Å². The molecule has 4 heterocycles. The lowest BCUT2D eigenvalue weighted by molar-refractivity contribution is 0.102. The Hall–Kier alpha value is -7.30. The summed E-state index contributed by atoms with van der Waals surface area (Å²) in [6.45, 7) is 5.29. The maximum Gasteiger partial charge on any atom is 0.267 e. The highest BCUT2D eigenvalue weighted by molar-refractivity contribution is 7.18. The third-order valence-corrected chi connectivity index (χ3v) is 11.6. The number of amides is 2. The number of nitrogens with one attached hydrogen (secondary N) is 4. The summed E-state index contributed by atoms with van der Waals surface area (Å²) >= 11 is 2.21. The molecular weight excluding hydrogens is 807 g/mol. The summed E-state index contributed by atoms with van der Waals surface area (Å²) in [5, 5.41) is 36.5. The molecule has 0 aliphatic carbocycles. The number of carbonyl (C=O) groups is 2. The number of aromatic hydroxyl groups is 2. The van der Waals surface area contributed by atoms with Crippen molar-refractivity contribution in [1.29, 1.82) is 0 Å². The fourth-order valence-corrected chi connectivity index (χ4v) is 7.96. The number of phenols is 2. The third-order valence-electron chi connectivity index (χ3n) is 9.82. The van der Waals surface area contributed by atoms with Crippen molar-refractivity contribution in [2.24, 2.45) is 0 Å². The van der Waals surface area contributed by atoms with Crippen LogP contribution in [0.3, 0.4) is 0 Å². The molecule has 16 heteroatoms. The number of pyridine rings is 2. The Morgan fingerprint density at radius 3 is 1.92 bits per heavy atom. The minimum Gasteiger partial charge on any atom is -0.508 e. The zero-order valence-corrected chi connectivity index (χ0v) is 33.7. The molecule has 0 aliphatic rings. The van der Waals surface area contributed by atoms with Gasteiger partial charge in [0.1, 0.15) is 44.5 Å². The Labute approximate surface area is 349 Å². The summed E-state index contributed by atoms with van der Waals surface area (Å²) in [7, 11) is 0. The highest BCUT2D eigenvalue weighted by Crippen LogP contribution is 2.38. The first-order valence-electron chi connectivity index (χ1n) is 18.4. The second-order valence-corrected chi connectivity index (χ2v) is 15.9. The van der Waals surface area contributed by atoms with Gasteiger partial charge in [0.15, 0.2) is 10.3 Å². The number of benzene rings is 4. The van der Waals surface area contributed by atoms with Crippen molar-refractivity contribution in [3.8, 4) is 22.6 Å². The number of nitrogens with zero attached hydrogens (tertiary/aromatic N) is 4. The fourth-order valence-electron chi connectivity index (χ4n) is 6.52. The molecule has 2 amide bonds. The molecule has 4 aromatic heterocycles. The van der Waals surface area contributed by atoms with E-state index < -0.39 is 11.8 Å². The number of anilines is 6. The molecule has 6 N–H and O–H groups in total. The van der Waals surface area contributed by atoms with Crippen LogP contribution in [0.4, 0.5) is 42.1 Å². The molecule has 0 spiro atoms. The Kier molecular flexibility index (Phi) is 10.9. The molecule has 8 rings (SSSR count). The monoisotopic (exact) mass is 840 g/mol. The van der Waals surface area contributed by atoms with Crippen molar-refractivity contribution < 1.29 is 28.6 Å². The number of phenolic OH excluding ortho intramolecular Hbond substituents is 2. The van der Waals surface area contributed by atoms with Crippen molar-refractivity contribution in [2.75, 3.05) is 21.3 Å². The van der Waals surface area contributed by atoms with Crippen LogP contribution in [0.5, 0.6) is 11.5 Å². The topological polar surface area (TPSA) is 174 Å². The number of hydrogen-bond acceptors (Lipinski definition) is 12. The number of hydrogen-bond donors (Lipinski definition) is 6. The Morgan fingerprint density at radius 2 is 1.23 bits per heavy atom. The predicted molar refractivity (Wildman–Crippen MR) is 231 cm³/mol. The summed E-state index contributed by atoms with van der Waals surface area (Å²) in [4.78, 5) is 45.2. The van der Waals surface area contributed by atoms with Crippen LogP contribution < -0.4 is 21.3 Å². The predicted octanol–water partition coefficient (Wildman–Crippen LogP) is 10.4. The molecule has 0 aliphatic heterocycles. The molecule has 0 atom stereocenters. The maximum absolute atomic E-state index is 13.8.